The summed E-state index contributed by atoms with van der Waals surface area (Å²) in [6.45, 7) is 0. The third-order valence-electron chi connectivity index (χ3n) is 2.73. The highest BCUT2D eigenvalue weighted by Crippen LogP contribution is 2.26. The summed E-state index contributed by atoms with van der Waals surface area (Å²) in [6, 6.07) is 10.0. The Morgan fingerprint density at radius 1 is 1.30 bits per heavy atom. The summed E-state index contributed by atoms with van der Waals surface area (Å²) in [6.07, 6.45) is 0. The van der Waals surface area contributed by atoms with Gasteiger partial charge in [0, 0.05) is 17.8 Å². The van der Waals surface area contributed by atoms with Crippen LogP contribution in [0.1, 0.15) is 0 Å². The van der Waals surface area contributed by atoms with Crippen LogP contribution in [0.15, 0.2) is 42.5 Å². The second kappa shape index (κ2) is 5.79. The number of hydrogen-bond acceptors (Lipinski definition) is 2. The maximum Gasteiger partial charge on any atom is 0.326 e. The number of halogens is 2. The number of rotatable bonds is 2. The topological polar surface area (TPSA) is 58.4 Å². The van der Waals surface area contributed by atoms with Gasteiger partial charge in [0.15, 0.2) is 0 Å². The van der Waals surface area contributed by atoms with Crippen LogP contribution in [0.25, 0.3) is 0 Å². The number of nitrogen functional groups attached to an aromatic ring is 1. The van der Waals surface area contributed by atoms with E-state index in [1.807, 2.05) is 0 Å². The van der Waals surface area contributed by atoms with Gasteiger partial charge in [0.25, 0.3) is 0 Å². The van der Waals surface area contributed by atoms with E-state index in [9.17, 15) is 9.18 Å². The van der Waals surface area contributed by atoms with Gasteiger partial charge >= 0.3 is 6.03 Å². The molecular formula is C14H13ClFN3O. The van der Waals surface area contributed by atoms with E-state index < -0.39 is 11.8 Å². The van der Waals surface area contributed by atoms with Crippen molar-refractivity contribution in [3.63, 3.8) is 0 Å². The standard InChI is InChI=1S/C14H13ClFN3O/c1-19(13-7-9(15)5-6-12(13)17)14(20)18-11-4-2-3-10(16)8-11/h2-8H,17H2,1H3,(H,18,20). The monoisotopic (exact) mass is 293 g/mol. The van der Waals surface area contributed by atoms with Crippen molar-refractivity contribution in [2.45, 2.75) is 0 Å². The second-order valence-corrected chi connectivity index (χ2v) is 4.64. The fourth-order valence-electron chi connectivity index (χ4n) is 1.69. The normalized spacial score (nSPS) is 10.2. The van der Waals surface area contributed by atoms with Crippen LogP contribution in [-0.4, -0.2) is 13.1 Å². The number of carbonyl (C=O) groups is 1. The van der Waals surface area contributed by atoms with Gasteiger partial charge in [0.2, 0.25) is 0 Å². The Morgan fingerprint density at radius 3 is 2.75 bits per heavy atom. The summed E-state index contributed by atoms with van der Waals surface area (Å²) < 4.78 is 13.1. The van der Waals surface area contributed by atoms with Gasteiger partial charge in [-0.1, -0.05) is 17.7 Å². The Balaban J connectivity index is 2.18. The highest BCUT2D eigenvalue weighted by atomic mass is 35.5. The zero-order valence-corrected chi connectivity index (χ0v) is 11.5. The van der Waals surface area contributed by atoms with Crippen molar-refractivity contribution < 1.29 is 9.18 Å². The van der Waals surface area contributed by atoms with E-state index in [-0.39, 0.29) is 0 Å². The summed E-state index contributed by atoms with van der Waals surface area (Å²) in [5, 5.41) is 3.05. The summed E-state index contributed by atoms with van der Waals surface area (Å²) in [5.74, 6) is -0.423. The number of nitrogens with one attached hydrogen (secondary N) is 1. The number of nitrogens with zero attached hydrogens (tertiary/aromatic N) is 1. The van der Waals surface area contributed by atoms with Crippen molar-refractivity contribution in [3.8, 4) is 0 Å². The zero-order chi connectivity index (χ0) is 14.7. The molecule has 2 rings (SSSR count). The van der Waals surface area contributed by atoms with Gasteiger partial charge < -0.3 is 11.1 Å². The molecule has 2 aromatic carbocycles. The van der Waals surface area contributed by atoms with Gasteiger partial charge in [-0.2, -0.15) is 0 Å². The maximum absolute atomic E-state index is 13.1. The van der Waals surface area contributed by atoms with Crippen molar-refractivity contribution >= 4 is 34.7 Å². The lowest BCUT2D eigenvalue weighted by Crippen LogP contribution is -2.31. The van der Waals surface area contributed by atoms with E-state index in [1.165, 1.54) is 23.1 Å². The Bertz CT molecular complexity index is 648. The Kier molecular flexibility index (Phi) is 4.10. The van der Waals surface area contributed by atoms with E-state index in [4.69, 9.17) is 17.3 Å². The lowest BCUT2D eigenvalue weighted by Gasteiger charge is -2.20. The Hall–Kier alpha value is -2.27. The molecule has 0 unspecified atom stereocenters. The SMILES string of the molecule is CN(C(=O)Nc1cccc(F)c1)c1cc(Cl)ccc1N. The average Bonchev–Trinajstić information content (AvgIpc) is 2.40. The van der Waals surface area contributed by atoms with Crippen molar-refractivity contribution in [1.29, 1.82) is 0 Å². The summed E-state index contributed by atoms with van der Waals surface area (Å²) in [5.41, 5.74) is 7.07. The Morgan fingerprint density at radius 2 is 2.05 bits per heavy atom. The van der Waals surface area contributed by atoms with Gasteiger partial charge in [-0.05, 0) is 36.4 Å². The van der Waals surface area contributed by atoms with Crippen LogP contribution in [0.5, 0.6) is 0 Å². The van der Waals surface area contributed by atoms with E-state index >= 15 is 0 Å². The predicted octanol–water partition coefficient (Wildman–Crippen LogP) is 3.73. The number of urea groups is 1. The molecule has 3 N–H and O–H groups in total. The molecule has 2 aromatic rings. The van der Waals surface area contributed by atoms with Crippen molar-refractivity contribution in [1.82, 2.24) is 0 Å². The predicted molar refractivity (Wildman–Crippen MR) is 79.7 cm³/mol. The smallest absolute Gasteiger partial charge is 0.326 e. The van der Waals surface area contributed by atoms with Gasteiger partial charge in [-0.15, -0.1) is 0 Å². The minimum absolute atomic E-state index is 0.363. The molecule has 6 heteroatoms. The molecule has 20 heavy (non-hydrogen) atoms. The van der Waals surface area contributed by atoms with Crippen LogP contribution in [0.2, 0.25) is 5.02 Å². The average molecular weight is 294 g/mol. The van der Waals surface area contributed by atoms with Crippen LogP contribution in [-0.2, 0) is 0 Å². The van der Waals surface area contributed by atoms with Crippen LogP contribution < -0.4 is 16.0 Å². The van der Waals surface area contributed by atoms with E-state index in [1.54, 1.807) is 31.3 Å². The van der Waals surface area contributed by atoms with Crippen LogP contribution in [0.3, 0.4) is 0 Å². The molecule has 0 fully saturated rings. The maximum atomic E-state index is 13.1. The fraction of sp³-hybridized carbons (Fsp3) is 0.0714. The molecule has 0 bridgehead atoms. The van der Waals surface area contributed by atoms with E-state index in [2.05, 4.69) is 5.32 Å². The number of benzene rings is 2. The molecule has 4 nitrogen and oxygen atoms in total. The number of amides is 2. The molecule has 0 aliphatic heterocycles. The van der Waals surface area contributed by atoms with Crippen LogP contribution in [0, 0.1) is 5.82 Å². The van der Waals surface area contributed by atoms with Gasteiger partial charge in [0.1, 0.15) is 5.82 Å². The zero-order valence-electron chi connectivity index (χ0n) is 10.7. The first-order chi connectivity index (χ1) is 9.47. The molecule has 0 spiro atoms. The summed E-state index contributed by atoms with van der Waals surface area (Å²) in [4.78, 5) is 13.4. The molecule has 104 valence electrons. The molecular weight excluding hydrogens is 281 g/mol. The minimum atomic E-state index is -0.440. The molecule has 0 aliphatic rings. The first-order valence-corrected chi connectivity index (χ1v) is 6.20. The lowest BCUT2D eigenvalue weighted by molar-refractivity contribution is 0.258. The van der Waals surface area contributed by atoms with Gasteiger partial charge in [-0.3, -0.25) is 4.90 Å². The van der Waals surface area contributed by atoms with Crippen LogP contribution in [0.4, 0.5) is 26.2 Å². The van der Waals surface area contributed by atoms with Crippen molar-refractivity contribution in [2.24, 2.45) is 0 Å². The first-order valence-electron chi connectivity index (χ1n) is 5.82. The number of anilines is 3. The minimum Gasteiger partial charge on any atom is -0.397 e. The summed E-state index contributed by atoms with van der Waals surface area (Å²) >= 11 is 5.88. The quantitative estimate of drug-likeness (QED) is 0.829. The molecule has 0 radical (unpaired) electrons. The van der Waals surface area contributed by atoms with E-state index in [0.717, 1.165) is 0 Å². The highest BCUT2D eigenvalue weighted by molar-refractivity contribution is 6.31. The molecule has 0 atom stereocenters. The molecule has 0 aliphatic carbocycles. The first kappa shape index (κ1) is 14.1. The second-order valence-electron chi connectivity index (χ2n) is 4.20. The molecule has 0 aromatic heterocycles. The van der Waals surface area contributed by atoms with Gasteiger partial charge in [-0.25, -0.2) is 9.18 Å². The number of carbonyl (C=O) groups excluding carboxylic acids is 1. The van der Waals surface area contributed by atoms with Gasteiger partial charge in [0.05, 0.1) is 11.4 Å². The highest BCUT2D eigenvalue weighted by Gasteiger charge is 2.14. The van der Waals surface area contributed by atoms with Crippen molar-refractivity contribution in [2.75, 3.05) is 23.0 Å². The Labute approximate surface area is 120 Å². The molecule has 0 saturated carbocycles. The fourth-order valence-corrected chi connectivity index (χ4v) is 1.86. The largest absolute Gasteiger partial charge is 0.397 e. The third-order valence-corrected chi connectivity index (χ3v) is 2.97. The van der Waals surface area contributed by atoms with Crippen molar-refractivity contribution in [3.05, 3.63) is 53.3 Å². The van der Waals surface area contributed by atoms with E-state index in [0.29, 0.717) is 22.1 Å². The molecule has 0 heterocycles. The molecule has 0 saturated heterocycles. The number of nitrogens with two attached hydrogens (primary N) is 1. The molecule has 2 amide bonds. The lowest BCUT2D eigenvalue weighted by atomic mass is 10.2. The third kappa shape index (κ3) is 3.19. The number of hydrogen-bond donors (Lipinski definition) is 2. The van der Waals surface area contributed by atoms with Crippen LogP contribution >= 0.6 is 11.6 Å². The summed E-state index contributed by atoms with van der Waals surface area (Å²) in [7, 11) is 1.55.